The normalized spacial score (nSPS) is 10.8. The van der Waals surface area contributed by atoms with E-state index in [4.69, 9.17) is 20.9 Å². The van der Waals surface area contributed by atoms with E-state index in [9.17, 15) is 4.79 Å². The van der Waals surface area contributed by atoms with Crippen LogP contribution in [0, 0.1) is 6.92 Å². The molecule has 0 saturated heterocycles. The number of hydrogen-bond donors (Lipinski definition) is 1. The number of anilines is 1. The predicted octanol–water partition coefficient (Wildman–Crippen LogP) is 3.60. The molecule has 0 unspecified atom stereocenters. The topological polar surface area (TPSA) is 108 Å². The summed E-state index contributed by atoms with van der Waals surface area (Å²) in [6.45, 7) is 2.58. The first-order chi connectivity index (χ1) is 14.5. The number of amides is 1. The summed E-state index contributed by atoms with van der Waals surface area (Å²) in [4.78, 5) is 16.6. The lowest BCUT2D eigenvalue weighted by Gasteiger charge is -2.08. The van der Waals surface area contributed by atoms with Crippen LogP contribution in [-0.4, -0.2) is 38.2 Å². The van der Waals surface area contributed by atoms with Crippen LogP contribution in [0.4, 0.5) is 5.69 Å². The number of rotatable bonds is 6. The molecule has 4 rings (SSSR count). The molecule has 0 fully saturated rings. The summed E-state index contributed by atoms with van der Waals surface area (Å²) in [7, 11) is 1.49. The summed E-state index contributed by atoms with van der Waals surface area (Å²) in [5.74, 6) is -0.207. The van der Waals surface area contributed by atoms with Crippen molar-refractivity contribution in [3.63, 3.8) is 0 Å². The van der Waals surface area contributed by atoms with Gasteiger partial charge in [-0.05, 0) is 30.7 Å². The van der Waals surface area contributed by atoms with Crippen molar-refractivity contribution in [1.29, 1.82) is 0 Å². The van der Waals surface area contributed by atoms with Gasteiger partial charge in [-0.3, -0.25) is 4.79 Å². The minimum atomic E-state index is -0.596. The fourth-order valence-corrected chi connectivity index (χ4v) is 2.90. The molecule has 0 aliphatic heterocycles. The monoisotopic (exact) mass is 424 g/mol. The maximum Gasteiger partial charge on any atom is 0.316 e. The molecular weight excluding hydrogens is 408 g/mol. The van der Waals surface area contributed by atoms with E-state index in [1.165, 1.54) is 12.7 Å². The van der Waals surface area contributed by atoms with Crippen LogP contribution in [0.25, 0.3) is 11.5 Å². The number of nitrogens with zero attached hydrogens (tertiary/aromatic N) is 5. The average Bonchev–Trinajstić information content (AvgIpc) is 3.39. The van der Waals surface area contributed by atoms with Crippen molar-refractivity contribution in [2.75, 3.05) is 12.4 Å². The van der Waals surface area contributed by atoms with Gasteiger partial charge in [0.15, 0.2) is 5.69 Å². The van der Waals surface area contributed by atoms with Gasteiger partial charge >= 0.3 is 11.8 Å². The predicted molar refractivity (Wildman–Crippen MR) is 110 cm³/mol. The Hall–Kier alpha value is -3.72. The van der Waals surface area contributed by atoms with Gasteiger partial charge in [0.2, 0.25) is 5.82 Å². The Bertz CT molecular complexity index is 1190. The zero-order valence-corrected chi connectivity index (χ0v) is 16.9. The second-order valence-electron chi connectivity index (χ2n) is 6.51. The van der Waals surface area contributed by atoms with Crippen LogP contribution in [0.2, 0.25) is 5.02 Å². The van der Waals surface area contributed by atoms with Gasteiger partial charge in [-0.15, -0.1) is 5.10 Å². The summed E-state index contributed by atoms with van der Waals surface area (Å²) in [6.07, 6.45) is 1.69. The smallest absolute Gasteiger partial charge is 0.316 e. The van der Waals surface area contributed by atoms with Crippen LogP contribution in [-0.2, 0) is 6.54 Å². The van der Waals surface area contributed by atoms with Crippen LogP contribution >= 0.6 is 11.6 Å². The fraction of sp³-hybridized carbons (Fsp3) is 0.150. The van der Waals surface area contributed by atoms with E-state index in [0.717, 1.165) is 5.56 Å². The van der Waals surface area contributed by atoms with Gasteiger partial charge in [-0.1, -0.05) is 51.8 Å². The van der Waals surface area contributed by atoms with Gasteiger partial charge in [0, 0.05) is 5.02 Å². The van der Waals surface area contributed by atoms with Crippen molar-refractivity contribution in [3.05, 3.63) is 70.7 Å². The molecule has 0 saturated carbocycles. The second kappa shape index (κ2) is 8.34. The van der Waals surface area contributed by atoms with Crippen molar-refractivity contribution in [2.24, 2.45) is 0 Å². The molecular formula is C20H17ClN6O3. The van der Waals surface area contributed by atoms with E-state index in [-0.39, 0.29) is 11.7 Å². The van der Waals surface area contributed by atoms with E-state index in [1.54, 1.807) is 29.1 Å². The largest absolute Gasteiger partial charge is 0.495 e. The summed E-state index contributed by atoms with van der Waals surface area (Å²) >= 11 is 5.98. The van der Waals surface area contributed by atoms with E-state index in [2.05, 4.69) is 25.8 Å². The van der Waals surface area contributed by atoms with E-state index in [1.807, 2.05) is 31.2 Å². The van der Waals surface area contributed by atoms with E-state index < -0.39 is 5.91 Å². The number of hydrogen-bond acceptors (Lipinski definition) is 7. The molecule has 4 aromatic rings. The van der Waals surface area contributed by atoms with Gasteiger partial charge in [-0.2, -0.15) is 4.98 Å². The molecule has 0 radical (unpaired) electrons. The van der Waals surface area contributed by atoms with Gasteiger partial charge in [0.1, 0.15) is 5.75 Å². The molecule has 0 atom stereocenters. The molecule has 0 aliphatic rings. The lowest BCUT2D eigenvalue weighted by Crippen LogP contribution is -2.13. The molecule has 1 amide bonds. The van der Waals surface area contributed by atoms with Crippen LogP contribution in [0.1, 0.15) is 21.8 Å². The van der Waals surface area contributed by atoms with E-state index >= 15 is 0 Å². The molecule has 9 nitrogen and oxygen atoms in total. The first-order valence-corrected chi connectivity index (χ1v) is 9.34. The Kier molecular flexibility index (Phi) is 5.44. The van der Waals surface area contributed by atoms with Crippen molar-refractivity contribution in [3.8, 4) is 17.3 Å². The third-order valence-corrected chi connectivity index (χ3v) is 4.50. The molecule has 0 aliphatic carbocycles. The van der Waals surface area contributed by atoms with Gasteiger partial charge in [0.25, 0.3) is 0 Å². The number of benzene rings is 2. The maximum absolute atomic E-state index is 12.5. The first-order valence-electron chi connectivity index (χ1n) is 8.96. The zero-order chi connectivity index (χ0) is 21.1. The number of carbonyl (C=O) groups is 1. The highest BCUT2D eigenvalue weighted by Gasteiger charge is 2.19. The maximum atomic E-state index is 12.5. The van der Waals surface area contributed by atoms with Crippen LogP contribution < -0.4 is 10.1 Å². The van der Waals surface area contributed by atoms with Crippen LogP contribution in [0.3, 0.4) is 0 Å². The minimum Gasteiger partial charge on any atom is -0.495 e. The number of halogens is 1. The Morgan fingerprint density at radius 3 is 2.80 bits per heavy atom. The SMILES string of the molecule is COc1ccc(Cl)cc1NC(=O)c1nc(-c2cn(Cc3ccc(C)cc3)nn2)no1. The minimum absolute atomic E-state index is 0.161. The quantitative estimate of drug-likeness (QED) is 0.503. The molecule has 2 aromatic heterocycles. The van der Waals surface area contributed by atoms with Gasteiger partial charge < -0.3 is 14.6 Å². The third-order valence-electron chi connectivity index (χ3n) is 4.26. The molecule has 1 N–H and O–H groups in total. The number of aryl methyl sites for hydroxylation is 1. The van der Waals surface area contributed by atoms with Crippen molar-refractivity contribution < 1.29 is 14.1 Å². The molecule has 152 valence electrons. The standard InChI is InChI=1S/C20H17ClN6O3/c1-12-3-5-13(6-4-12)10-27-11-16(24-26-27)18-23-20(30-25-18)19(28)22-15-9-14(21)7-8-17(15)29-2/h3-9,11H,10H2,1-2H3,(H,22,28). The van der Waals surface area contributed by atoms with Crippen LogP contribution in [0.5, 0.6) is 5.75 Å². The van der Waals surface area contributed by atoms with Crippen molar-refractivity contribution in [1.82, 2.24) is 25.1 Å². The molecule has 0 bridgehead atoms. The van der Waals surface area contributed by atoms with Crippen molar-refractivity contribution >= 4 is 23.2 Å². The van der Waals surface area contributed by atoms with Gasteiger partial charge in [-0.25, -0.2) is 4.68 Å². The van der Waals surface area contributed by atoms with Crippen LogP contribution in [0.15, 0.2) is 53.2 Å². The Morgan fingerprint density at radius 2 is 2.03 bits per heavy atom. The average molecular weight is 425 g/mol. The van der Waals surface area contributed by atoms with E-state index in [0.29, 0.717) is 28.7 Å². The Morgan fingerprint density at radius 1 is 1.23 bits per heavy atom. The highest BCUT2D eigenvalue weighted by molar-refractivity contribution is 6.31. The Labute approximate surface area is 176 Å². The highest BCUT2D eigenvalue weighted by Crippen LogP contribution is 2.28. The Balaban J connectivity index is 1.48. The molecule has 2 heterocycles. The molecule has 0 spiro atoms. The summed E-state index contributed by atoms with van der Waals surface area (Å²) < 4.78 is 11.9. The zero-order valence-electron chi connectivity index (χ0n) is 16.2. The first kappa shape index (κ1) is 19.6. The summed E-state index contributed by atoms with van der Waals surface area (Å²) in [5, 5.41) is 15.0. The summed E-state index contributed by atoms with van der Waals surface area (Å²) in [5.41, 5.74) is 3.05. The second-order valence-corrected chi connectivity index (χ2v) is 6.95. The molecule has 30 heavy (non-hydrogen) atoms. The third kappa shape index (κ3) is 4.31. The molecule has 10 heteroatoms. The number of methoxy groups -OCH3 is 1. The highest BCUT2D eigenvalue weighted by atomic mass is 35.5. The number of nitrogens with one attached hydrogen (secondary N) is 1. The fourth-order valence-electron chi connectivity index (χ4n) is 2.73. The van der Waals surface area contributed by atoms with Crippen molar-refractivity contribution in [2.45, 2.75) is 13.5 Å². The number of ether oxygens (including phenoxy) is 1. The lowest BCUT2D eigenvalue weighted by molar-refractivity contribution is 0.0981. The molecule has 2 aromatic carbocycles. The number of aromatic nitrogens is 5. The lowest BCUT2D eigenvalue weighted by atomic mass is 10.1. The van der Waals surface area contributed by atoms with Gasteiger partial charge in [0.05, 0.1) is 25.5 Å². The number of carbonyl (C=O) groups excluding carboxylic acids is 1. The summed E-state index contributed by atoms with van der Waals surface area (Å²) in [6, 6.07) is 13.0.